The fourth-order valence-corrected chi connectivity index (χ4v) is 3.76. The number of hydrogen-bond donors (Lipinski definition) is 1. The third kappa shape index (κ3) is 3.54. The number of anilines is 1. The predicted molar refractivity (Wildman–Crippen MR) is 95.2 cm³/mol. The number of rotatable bonds is 5. The van der Waals surface area contributed by atoms with Crippen molar-refractivity contribution in [3.8, 4) is 5.69 Å². The van der Waals surface area contributed by atoms with Crippen molar-refractivity contribution in [1.82, 2.24) is 9.78 Å². The summed E-state index contributed by atoms with van der Waals surface area (Å²) in [6, 6.07) is 11.8. The highest BCUT2D eigenvalue weighted by molar-refractivity contribution is 9.10. The number of para-hydroxylation sites is 3. The van der Waals surface area contributed by atoms with Crippen LogP contribution in [0.25, 0.3) is 5.69 Å². The third-order valence-electron chi connectivity index (χ3n) is 3.30. The first kappa shape index (κ1) is 17.1. The smallest absolute Gasteiger partial charge is 0.277 e. The molecule has 128 valence electrons. The molecule has 0 aliphatic heterocycles. The molecule has 0 aliphatic carbocycles. The van der Waals surface area contributed by atoms with Gasteiger partial charge in [0.15, 0.2) is 4.90 Å². The average Bonchev–Trinajstić information content (AvgIpc) is 3.01. The van der Waals surface area contributed by atoms with Gasteiger partial charge in [0.1, 0.15) is 0 Å². The van der Waals surface area contributed by atoms with E-state index in [1.165, 1.54) is 22.9 Å². The van der Waals surface area contributed by atoms with Gasteiger partial charge in [0.2, 0.25) is 0 Å². The van der Waals surface area contributed by atoms with Crippen molar-refractivity contribution in [2.45, 2.75) is 4.90 Å². The van der Waals surface area contributed by atoms with Crippen LogP contribution in [0.1, 0.15) is 0 Å². The first-order chi connectivity index (χ1) is 11.9. The van der Waals surface area contributed by atoms with Gasteiger partial charge in [-0.15, -0.1) is 0 Å². The molecule has 0 amide bonds. The molecule has 1 N–H and O–H groups in total. The van der Waals surface area contributed by atoms with Crippen molar-refractivity contribution in [2.24, 2.45) is 0 Å². The molecule has 0 bridgehead atoms. The molecule has 0 fully saturated rings. The standard InChI is InChI=1S/C15H11BrN4O4S/c16-11-9-17-19(10-11)13-6-2-1-5-12(13)18-25(23,24)15-8-4-3-7-14(15)20(21)22/h1-10,18H. The zero-order chi connectivity index (χ0) is 18.0. The molecular weight excluding hydrogens is 412 g/mol. The molecule has 1 aromatic heterocycles. The summed E-state index contributed by atoms with van der Waals surface area (Å²) < 4.78 is 29.9. The minimum atomic E-state index is -4.16. The van der Waals surface area contributed by atoms with Gasteiger partial charge in [-0.05, 0) is 34.1 Å². The van der Waals surface area contributed by atoms with Crippen LogP contribution in [0.5, 0.6) is 0 Å². The maximum atomic E-state index is 12.7. The van der Waals surface area contributed by atoms with Crippen molar-refractivity contribution in [2.75, 3.05) is 4.72 Å². The van der Waals surface area contributed by atoms with E-state index in [1.54, 1.807) is 36.7 Å². The summed E-state index contributed by atoms with van der Waals surface area (Å²) in [6.07, 6.45) is 3.23. The molecule has 8 nitrogen and oxygen atoms in total. The van der Waals surface area contributed by atoms with Gasteiger partial charge in [-0.3, -0.25) is 14.8 Å². The van der Waals surface area contributed by atoms with E-state index >= 15 is 0 Å². The Bertz CT molecular complexity index is 1050. The molecular formula is C15H11BrN4O4S. The van der Waals surface area contributed by atoms with E-state index in [2.05, 4.69) is 25.8 Å². The van der Waals surface area contributed by atoms with E-state index < -0.39 is 25.5 Å². The Kier molecular flexibility index (Phi) is 4.55. The van der Waals surface area contributed by atoms with Gasteiger partial charge in [0.25, 0.3) is 15.7 Å². The van der Waals surface area contributed by atoms with Crippen molar-refractivity contribution >= 4 is 37.3 Å². The topological polar surface area (TPSA) is 107 Å². The van der Waals surface area contributed by atoms with Gasteiger partial charge < -0.3 is 0 Å². The lowest BCUT2D eigenvalue weighted by atomic mass is 10.3. The molecule has 0 atom stereocenters. The summed E-state index contributed by atoms with van der Waals surface area (Å²) in [7, 11) is -4.16. The summed E-state index contributed by atoms with van der Waals surface area (Å²) >= 11 is 3.28. The number of nitro groups is 1. The molecule has 0 radical (unpaired) electrons. The molecule has 0 spiro atoms. The van der Waals surface area contributed by atoms with Crippen molar-refractivity contribution in [3.63, 3.8) is 0 Å². The van der Waals surface area contributed by atoms with E-state index in [1.807, 2.05) is 0 Å². The van der Waals surface area contributed by atoms with E-state index in [9.17, 15) is 18.5 Å². The van der Waals surface area contributed by atoms with Crippen LogP contribution in [0.3, 0.4) is 0 Å². The Balaban J connectivity index is 2.05. The Labute approximate surface area is 151 Å². The molecule has 0 unspecified atom stereocenters. The van der Waals surface area contributed by atoms with Crippen LogP contribution < -0.4 is 4.72 Å². The van der Waals surface area contributed by atoms with Gasteiger partial charge in [-0.25, -0.2) is 13.1 Å². The lowest BCUT2D eigenvalue weighted by molar-refractivity contribution is -0.387. The third-order valence-corrected chi connectivity index (χ3v) is 5.12. The van der Waals surface area contributed by atoms with Crippen molar-refractivity contribution in [1.29, 1.82) is 0 Å². The molecule has 0 saturated heterocycles. The first-order valence-electron chi connectivity index (χ1n) is 6.94. The summed E-state index contributed by atoms with van der Waals surface area (Å²) in [5.41, 5.74) is 0.237. The second-order valence-corrected chi connectivity index (χ2v) is 7.52. The zero-order valence-corrected chi connectivity index (χ0v) is 14.9. The molecule has 25 heavy (non-hydrogen) atoms. The Hall–Kier alpha value is -2.72. The number of benzene rings is 2. The lowest BCUT2D eigenvalue weighted by Crippen LogP contribution is -2.16. The molecule has 0 aliphatic rings. The number of nitrogens with zero attached hydrogens (tertiary/aromatic N) is 3. The molecule has 3 rings (SSSR count). The SMILES string of the molecule is O=[N+]([O-])c1ccccc1S(=O)(=O)Nc1ccccc1-n1cc(Br)cn1. The van der Waals surface area contributed by atoms with E-state index in [0.717, 1.165) is 10.5 Å². The molecule has 10 heteroatoms. The average molecular weight is 423 g/mol. The van der Waals surface area contributed by atoms with Gasteiger partial charge in [-0.1, -0.05) is 24.3 Å². The Morgan fingerprint density at radius 1 is 1.12 bits per heavy atom. The van der Waals surface area contributed by atoms with Gasteiger partial charge >= 0.3 is 0 Å². The maximum Gasteiger partial charge on any atom is 0.289 e. The number of sulfonamides is 1. The monoisotopic (exact) mass is 422 g/mol. The highest BCUT2D eigenvalue weighted by atomic mass is 79.9. The normalized spacial score (nSPS) is 11.2. The van der Waals surface area contributed by atoms with Crippen LogP contribution >= 0.6 is 15.9 Å². The number of hydrogen-bond acceptors (Lipinski definition) is 5. The number of aromatic nitrogens is 2. The largest absolute Gasteiger partial charge is 0.289 e. The maximum absolute atomic E-state index is 12.7. The zero-order valence-electron chi connectivity index (χ0n) is 12.5. The molecule has 1 heterocycles. The van der Waals surface area contributed by atoms with Crippen LogP contribution in [-0.4, -0.2) is 23.1 Å². The van der Waals surface area contributed by atoms with Crippen LogP contribution in [-0.2, 0) is 10.0 Å². The van der Waals surface area contributed by atoms with Gasteiger partial charge in [-0.2, -0.15) is 5.10 Å². The molecule has 0 saturated carbocycles. The first-order valence-corrected chi connectivity index (χ1v) is 9.22. The second-order valence-electron chi connectivity index (χ2n) is 4.95. The second kappa shape index (κ2) is 6.65. The fraction of sp³-hybridized carbons (Fsp3) is 0. The molecule has 3 aromatic rings. The fourth-order valence-electron chi connectivity index (χ4n) is 2.23. The minimum absolute atomic E-state index is 0.247. The summed E-state index contributed by atoms with van der Waals surface area (Å²) in [5, 5.41) is 15.2. The summed E-state index contributed by atoms with van der Waals surface area (Å²) in [6.45, 7) is 0. The van der Waals surface area contributed by atoms with Gasteiger partial charge in [0, 0.05) is 12.3 Å². The van der Waals surface area contributed by atoms with E-state index in [4.69, 9.17) is 0 Å². The van der Waals surface area contributed by atoms with Crippen molar-refractivity contribution < 1.29 is 13.3 Å². The van der Waals surface area contributed by atoms with E-state index in [-0.39, 0.29) is 5.69 Å². The van der Waals surface area contributed by atoms with E-state index in [0.29, 0.717) is 5.69 Å². The Morgan fingerprint density at radius 3 is 2.48 bits per heavy atom. The molecule has 2 aromatic carbocycles. The van der Waals surface area contributed by atoms with Gasteiger partial charge in [0.05, 0.1) is 27.0 Å². The minimum Gasteiger partial charge on any atom is -0.277 e. The number of nitrogens with one attached hydrogen (secondary N) is 1. The summed E-state index contributed by atoms with van der Waals surface area (Å²) in [4.78, 5) is 9.97. The predicted octanol–water partition coefficient (Wildman–Crippen LogP) is 3.34. The van der Waals surface area contributed by atoms with Crippen LogP contribution in [0.2, 0.25) is 0 Å². The summed E-state index contributed by atoms with van der Waals surface area (Å²) in [5.74, 6) is 0. The van der Waals surface area contributed by atoms with Crippen LogP contribution in [0.15, 0.2) is 70.3 Å². The highest BCUT2D eigenvalue weighted by Gasteiger charge is 2.26. The highest BCUT2D eigenvalue weighted by Crippen LogP contribution is 2.28. The van der Waals surface area contributed by atoms with Crippen molar-refractivity contribution in [3.05, 3.63) is 75.5 Å². The lowest BCUT2D eigenvalue weighted by Gasteiger charge is -2.12. The quantitative estimate of drug-likeness (QED) is 0.500. The van der Waals surface area contributed by atoms with Crippen LogP contribution in [0, 0.1) is 10.1 Å². The van der Waals surface area contributed by atoms with Crippen LogP contribution in [0.4, 0.5) is 11.4 Å². The Morgan fingerprint density at radius 2 is 1.80 bits per heavy atom. The number of nitro benzene ring substituents is 1. The number of halogens is 1.